The molecular formula is C19H27N3O7S2. The Hall–Kier alpha value is -2.31. The summed E-state index contributed by atoms with van der Waals surface area (Å²) in [7, 11) is -8.05. The number of Topliss-reactive ketones (excluding diaryl/α,β-unsaturated/α-hetero) is 1. The van der Waals surface area contributed by atoms with Crippen molar-refractivity contribution >= 4 is 37.5 Å². The molecule has 2 amide bonds. The minimum absolute atomic E-state index is 0.0112. The van der Waals surface area contributed by atoms with Crippen LogP contribution >= 0.6 is 0 Å². The Kier molecular flexibility index (Phi) is 7.95. The highest BCUT2D eigenvalue weighted by Crippen LogP contribution is 2.25. The van der Waals surface area contributed by atoms with Crippen LogP contribution in [-0.4, -0.2) is 64.1 Å². The van der Waals surface area contributed by atoms with Crippen molar-refractivity contribution in [3.8, 4) is 0 Å². The van der Waals surface area contributed by atoms with E-state index < -0.39 is 56.0 Å². The Labute approximate surface area is 182 Å². The summed E-state index contributed by atoms with van der Waals surface area (Å²) >= 11 is 0. The number of ketones is 1. The first-order valence-corrected chi connectivity index (χ1v) is 13.1. The van der Waals surface area contributed by atoms with Crippen molar-refractivity contribution in [2.24, 2.45) is 11.7 Å². The normalized spacial score (nSPS) is 19.4. The number of nitrogens with two attached hydrogens (primary N) is 1. The van der Waals surface area contributed by atoms with Crippen LogP contribution in [0.2, 0.25) is 0 Å². The summed E-state index contributed by atoms with van der Waals surface area (Å²) in [6.45, 7) is 1.13. The number of nitrogens with zero attached hydrogens (tertiary/aromatic N) is 1. The number of carbonyl (C=O) groups is 3. The van der Waals surface area contributed by atoms with Crippen LogP contribution in [0.4, 0.5) is 0 Å². The Morgan fingerprint density at radius 1 is 1.19 bits per heavy atom. The molecule has 0 bridgehead atoms. The molecule has 0 aromatic heterocycles. The molecule has 1 unspecified atom stereocenters. The maximum absolute atomic E-state index is 13.1. The average Bonchev–Trinajstić information content (AvgIpc) is 2.87. The minimum atomic E-state index is -4.25. The van der Waals surface area contributed by atoms with Gasteiger partial charge >= 0.3 is 0 Å². The summed E-state index contributed by atoms with van der Waals surface area (Å²) in [6.07, 6.45) is 1.71. The van der Waals surface area contributed by atoms with Crippen LogP contribution in [0.25, 0.3) is 0 Å². The van der Waals surface area contributed by atoms with E-state index in [1.54, 1.807) is 6.92 Å². The van der Waals surface area contributed by atoms with Gasteiger partial charge in [-0.1, -0.05) is 19.1 Å². The number of amides is 2. The van der Waals surface area contributed by atoms with Crippen molar-refractivity contribution in [1.82, 2.24) is 9.62 Å². The number of hydrogen-bond donors (Lipinski definition) is 2. The standard InChI is InChI=1S/C19H27N3O7S2/c1-13(19(20)25)9-10-18(24)21-14-6-5-11-22(12-15(14)23)31(28,29)17-8-4-3-7-16(17)30(2,26)27/h3-4,7-8,13-14H,5-6,9-12H2,1-2H3,(H2,20,25)(H,21,24)/t13?,14-/m0/s1. The summed E-state index contributed by atoms with van der Waals surface area (Å²) in [5.41, 5.74) is 5.17. The quantitative estimate of drug-likeness (QED) is 0.530. The van der Waals surface area contributed by atoms with Gasteiger partial charge in [-0.2, -0.15) is 4.31 Å². The molecule has 0 saturated carbocycles. The lowest BCUT2D eigenvalue weighted by Gasteiger charge is -2.21. The highest BCUT2D eigenvalue weighted by atomic mass is 32.2. The van der Waals surface area contributed by atoms with Crippen molar-refractivity contribution in [3.05, 3.63) is 24.3 Å². The predicted molar refractivity (Wildman–Crippen MR) is 112 cm³/mol. The maximum Gasteiger partial charge on any atom is 0.244 e. The van der Waals surface area contributed by atoms with Crippen molar-refractivity contribution < 1.29 is 31.2 Å². The fourth-order valence-electron chi connectivity index (χ4n) is 3.22. The SMILES string of the molecule is CC(CCC(=O)N[C@H]1CCCN(S(=O)(=O)c2ccccc2S(C)(=O)=O)CC1=O)C(N)=O. The largest absolute Gasteiger partial charge is 0.369 e. The second-order valence-corrected chi connectivity index (χ2v) is 11.5. The summed E-state index contributed by atoms with van der Waals surface area (Å²) in [4.78, 5) is 35.1. The first-order valence-electron chi connectivity index (χ1n) is 9.74. The van der Waals surface area contributed by atoms with Gasteiger partial charge in [-0.25, -0.2) is 16.8 Å². The number of primary amides is 1. The molecule has 1 saturated heterocycles. The van der Waals surface area contributed by atoms with E-state index in [2.05, 4.69) is 5.32 Å². The van der Waals surface area contributed by atoms with Crippen LogP contribution in [0.15, 0.2) is 34.1 Å². The lowest BCUT2D eigenvalue weighted by Crippen LogP contribution is -2.44. The molecule has 0 spiro atoms. The molecule has 0 radical (unpaired) electrons. The van der Waals surface area contributed by atoms with Crippen molar-refractivity contribution in [1.29, 1.82) is 0 Å². The molecule has 31 heavy (non-hydrogen) atoms. The number of hydrogen-bond acceptors (Lipinski definition) is 7. The molecule has 1 aliphatic rings. The first-order chi connectivity index (χ1) is 14.3. The summed E-state index contributed by atoms with van der Waals surface area (Å²) in [5.74, 6) is -1.92. The molecule has 12 heteroatoms. The summed E-state index contributed by atoms with van der Waals surface area (Å²) in [6, 6.07) is 4.38. The van der Waals surface area contributed by atoms with Crippen LogP contribution in [0, 0.1) is 5.92 Å². The van der Waals surface area contributed by atoms with Gasteiger partial charge in [-0.3, -0.25) is 14.4 Å². The molecule has 3 N–H and O–H groups in total. The fourth-order valence-corrected chi connectivity index (χ4v) is 6.27. The monoisotopic (exact) mass is 473 g/mol. The van der Waals surface area contributed by atoms with E-state index in [0.717, 1.165) is 10.6 Å². The van der Waals surface area contributed by atoms with Crippen LogP contribution in [-0.2, 0) is 34.2 Å². The second kappa shape index (κ2) is 9.88. The molecule has 2 atom stereocenters. The van der Waals surface area contributed by atoms with E-state index in [0.29, 0.717) is 6.42 Å². The van der Waals surface area contributed by atoms with Crippen LogP contribution in [0.1, 0.15) is 32.6 Å². The van der Waals surface area contributed by atoms with Gasteiger partial charge in [-0.05, 0) is 31.4 Å². The first kappa shape index (κ1) is 25.0. The van der Waals surface area contributed by atoms with Crippen molar-refractivity contribution in [2.45, 2.75) is 48.4 Å². The van der Waals surface area contributed by atoms with E-state index in [1.165, 1.54) is 24.3 Å². The molecule has 1 aromatic carbocycles. The highest BCUT2D eigenvalue weighted by Gasteiger charge is 2.35. The smallest absolute Gasteiger partial charge is 0.244 e. The van der Waals surface area contributed by atoms with Gasteiger partial charge in [0.25, 0.3) is 0 Å². The van der Waals surface area contributed by atoms with Crippen molar-refractivity contribution in [2.75, 3.05) is 19.3 Å². The van der Waals surface area contributed by atoms with Gasteiger partial charge in [0.1, 0.15) is 4.90 Å². The second-order valence-electron chi connectivity index (χ2n) is 7.63. The molecule has 1 fully saturated rings. The van der Waals surface area contributed by atoms with E-state index >= 15 is 0 Å². The topological polar surface area (TPSA) is 161 Å². The molecule has 1 aromatic rings. The predicted octanol–water partition coefficient (Wildman–Crippen LogP) is -0.170. The van der Waals surface area contributed by atoms with Gasteiger partial charge < -0.3 is 11.1 Å². The van der Waals surface area contributed by atoms with Crippen molar-refractivity contribution in [3.63, 3.8) is 0 Å². The third kappa shape index (κ3) is 6.34. The number of carbonyl (C=O) groups excluding carboxylic acids is 3. The van der Waals surface area contributed by atoms with Gasteiger partial charge in [0, 0.05) is 25.1 Å². The fraction of sp³-hybridized carbons (Fsp3) is 0.526. The molecule has 0 aliphatic carbocycles. The molecule has 1 aliphatic heterocycles. The van der Waals surface area contributed by atoms with E-state index in [1.807, 2.05) is 0 Å². The third-order valence-corrected chi connectivity index (χ3v) is 8.30. The zero-order valence-electron chi connectivity index (χ0n) is 17.4. The third-order valence-electron chi connectivity index (χ3n) is 5.11. The summed E-state index contributed by atoms with van der Waals surface area (Å²) in [5, 5.41) is 2.59. The number of benzene rings is 1. The van der Waals surface area contributed by atoms with Gasteiger partial charge in [-0.15, -0.1) is 0 Å². The van der Waals surface area contributed by atoms with Gasteiger partial charge in [0.05, 0.1) is 17.5 Å². The van der Waals surface area contributed by atoms with E-state index in [9.17, 15) is 31.2 Å². The lowest BCUT2D eigenvalue weighted by atomic mass is 10.0. The lowest BCUT2D eigenvalue weighted by molar-refractivity contribution is -0.128. The Balaban J connectivity index is 2.14. The Bertz CT molecular complexity index is 1070. The number of sulfone groups is 1. The molecule has 2 rings (SSSR count). The van der Waals surface area contributed by atoms with E-state index in [4.69, 9.17) is 5.73 Å². The molecule has 10 nitrogen and oxygen atoms in total. The highest BCUT2D eigenvalue weighted by molar-refractivity contribution is 7.93. The molecular weight excluding hydrogens is 446 g/mol. The number of rotatable bonds is 8. The Morgan fingerprint density at radius 2 is 1.81 bits per heavy atom. The number of nitrogens with one attached hydrogen (secondary N) is 1. The number of sulfonamides is 1. The zero-order valence-corrected chi connectivity index (χ0v) is 19.0. The molecule has 1 heterocycles. The van der Waals surface area contributed by atoms with Crippen LogP contribution < -0.4 is 11.1 Å². The average molecular weight is 474 g/mol. The zero-order chi connectivity index (χ0) is 23.4. The molecule has 172 valence electrons. The Morgan fingerprint density at radius 3 is 2.39 bits per heavy atom. The maximum atomic E-state index is 13.1. The minimum Gasteiger partial charge on any atom is -0.369 e. The van der Waals surface area contributed by atoms with Gasteiger partial charge in [0.2, 0.25) is 21.8 Å². The van der Waals surface area contributed by atoms with E-state index in [-0.39, 0.29) is 35.6 Å². The summed E-state index contributed by atoms with van der Waals surface area (Å²) < 4.78 is 51.2. The van der Waals surface area contributed by atoms with Crippen LogP contribution in [0.5, 0.6) is 0 Å². The van der Waals surface area contributed by atoms with Gasteiger partial charge in [0.15, 0.2) is 15.6 Å². The van der Waals surface area contributed by atoms with Crippen LogP contribution in [0.3, 0.4) is 0 Å².